The number of nitrogens with one attached hydrogen (secondary N) is 1. The minimum Gasteiger partial charge on any atom is -0.377 e. The molecule has 5 heteroatoms. The SMILES string of the molecule is CC(C)n1cc(NCc2ccn(C)n2)cn1. The predicted molar refractivity (Wildman–Crippen MR) is 63.1 cm³/mol. The Morgan fingerprint density at radius 2 is 2.25 bits per heavy atom. The van der Waals surface area contributed by atoms with Crippen LogP contribution in [0.2, 0.25) is 0 Å². The van der Waals surface area contributed by atoms with E-state index in [1.165, 1.54) is 0 Å². The topological polar surface area (TPSA) is 47.7 Å². The lowest BCUT2D eigenvalue weighted by Gasteiger charge is -2.03. The summed E-state index contributed by atoms with van der Waals surface area (Å²) in [4.78, 5) is 0. The summed E-state index contributed by atoms with van der Waals surface area (Å²) < 4.78 is 3.73. The number of aryl methyl sites for hydroxylation is 1. The van der Waals surface area contributed by atoms with Crippen LogP contribution in [0.4, 0.5) is 5.69 Å². The third-order valence-electron chi connectivity index (χ3n) is 2.37. The zero-order chi connectivity index (χ0) is 11.5. The van der Waals surface area contributed by atoms with Gasteiger partial charge < -0.3 is 5.32 Å². The standard InChI is InChI=1S/C11H17N5/c1-9(2)16-8-11(7-13-16)12-6-10-4-5-15(3)14-10/h4-5,7-9,12H,6H2,1-3H3. The summed E-state index contributed by atoms with van der Waals surface area (Å²) >= 11 is 0. The van der Waals surface area contributed by atoms with E-state index in [1.807, 2.05) is 36.4 Å². The van der Waals surface area contributed by atoms with Crippen molar-refractivity contribution in [1.29, 1.82) is 0 Å². The highest BCUT2D eigenvalue weighted by Crippen LogP contribution is 2.10. The quantitative estimate of drug-likeness (QED) is 0.853. The third kappa shape index (κ3) is 2.42. The van der Waals surface area contributed by atoms with Crippen LogP contribution in [0.15, 0.2) is 24.7 Å². The fourth-order valence-electron chi connectivity index (χ4n) is 1.46. The van der Waals surface area contributed by atoms with Crippen molar-refractivity contribution in [3.63, 3.8) is 0 Å². The first-order chi connectivity index (χ1) is 7.65. The molecule has 0 fully saturated rings. The van der Waals surface area contributed by atoms with Gasteiger partial charge in [0.25, 0.3) is 0 Å². The molecule has 0 bridgehead atoms. The molecule has 2 heterocycles. The van der Waals surface area contributed by atoms with Gasteiger partial charge in [0.05, 0.1) is 24.1 Å². The molecular weight excluding hydrogens is 202 g/mol. The van der Waals surface area contributed by atoms with E-state index in [0.717, 1.165) is 17.9 Å². The van der Waals surface area contributed by atoms with Crippen LogP contribution in [0, 0.1) is 0 Å². The first-order valence-corrected chi connectivity index (χ1v) is 5.41. The van der Waals surface area contributed by atoms with Gasteiger partial charge in [0.15, 0.2) is 0 Å². The molecule has 2 rings (SSSR count). The van der Waals surface area contributed by atoms with Gasteiger partial charge in [-0.25, -0.2) is 0 Å². The first-order valence-electron chi connectivity index (χ1n) is 5.41. The molecule has 2 aromatic rings. The highest BCUT2D eigenvalue weighted by Gasteiger charge is 2.02. The monoisotopic (exact) mass is 219 g/mol. The molecule has 0 saturated carbocycles. The highest BCUT2D eigenvalue weighted by atomic mass is 15.3. The summed E-state index contributed by atoms with van der Waals surface area (Å²) in [6.07, 6.45) is 5.78. The molecule has 5 nitrogen and oxygen atoms in total. The second kappa shape index (κ2) is 4.38. The van der Waals surface area contributed by atoms with Crippen molar-refractivity contribution < 1.29 is 0 Å². The molecule has 0 aromatic carbocycles. The van der Waals surface area contributed by atoms with Crippen LogP contribution in [0.5, 0.6) is 0 Å². The molecule has 0 aliphatic rings. The minimum atomic E-state index is 0.394. The molecule has 2 aromatic heterocycles. The Hall–Kier alpha value is -1.78. The number of hydrogen-bond acceptors (Lipinski definition) is 3. The smallest absolute Gasteiger partial charge is 0.0815 e. The Morgan fingerprint density at radius 1 is 1.44 bits per heavy atom. The lowest BCUT2D eigenvalue weighted by atomic mass is 10.4. The van der Waals surface area contributed by atoms with Crippen LogP contribution in [0.1, 0.15) is 25.6 Å². The molecule has 0 unspecified atom stereocenters. The van der Waals surface area contributed by atoms with Crippen LogP contribution in [0.25, 0.3) is 0 Å². The molecule has 1 N–H and O–H groups in total. The van der Waals surface area contributed by atoms with Gasteiger partial charge in [0.1, 0.15) is 0 Å². The molecule has 16 heavy (non-hydrogen) atoms. The van der Waals surface area contributed by atoms with Gasteiger partial charge in [-0.05, 0) is 19.9 Å². The average molecular weight is 219 g/mol. The predicted octanol–water partition coefficient (Wildman–Crippen LogP) is 1.81. The molecule has 0 saturated heterocycles. The molecule has 0 aliphatic carbocycles. The van der Waals surface area contributed by atoms with Crippen molar-refractivity contribution in [3.8, 4) is 0 Å². The Bertz CT molecular complexity index is 454. The lowest BCUT2D eigenvalue weighted by molar-refractivity contribution is 0.532. The van der Waals surface area contributed by atoms with Crippen molar-refractivity contribution in [2.45, 2.75) is 26.4 Å². The molecule has 0 aliphatic heterocycles. The maximum absolute atomic E-state index is 4.29. The van der Waals surface area contributed by atoms with Gasteiger partial charge >= 0.3 is 0 Å². The van der Waals surface area contributed by atoms with E-state index in [9.17, 15) is 0 Å². The molecule has 0 atom stereocenters. The zero-order valence-corrected chi connectivity index (χ0v) is 9.88. The highest BCUT2D eigenvalue weighted by molar-refractivity contribution is 5.38. The van der Waals surface area contributed by atoms with E-state index in [1.54, 1.807) is 4.68 Å². The maximum atomic E-state index is 4.29. The summed E-state index contributed by atoms with van der Waals surface area (Å²) in [5.41, 5.74) is 2.05. The van der Waals surface area contributed by atoms with Gasteiger partial charge in [0.2, 0.25) is 0 Å². The van der Waals surface area contributed by atoms with Crippen molar-refractivity contribution >= 4 is 5.69 Å². The van der Waals surface area contributed by atoms with Gasteiger partial charge in [0, 0.05) is 25.5 Å². The summed E-state index contributed by atoms with van der Waals surface area (Å²) in [7, 11) is 1.92. The van der Waals surface area contributed by atoms with Crippen molar-refractivity contribution in [2.24, 2.45) is 7.05 Å². The van der Waals surface area contributed by atoms with Gasteiger partial charge in [-0.2, -0.15) is 10.2 Å². The summed E-state index contributed by atoms with van der Waals surface area (Å²) in [6.45, 7) is 4.94. The van der Waals surface area contributed by atoms with E-state index in [-0.39, 0.29) is 0 Å². The summed E-state index contributed by atoms with van der Waals surface area (Å²) in [6, 6.07) is 2.39. The van der Waals surface area contributed by atoms with E-state index in [0.29, 0.717) is 6.04 Å². The normalized spacial score (nSPS) is 11.0. The third-order valence-corrected chi connectivity index (χ3v) is 2.37. The molecule has 0 radical (unpaired) electrons. The van der Waals surface area contributed by atoms with Crippen molar-refractivity contribution in [3.05, 3.63) is 30.4 Å². The van der Waals surface area contributed by atoms with E-state index < -0.39 is 0 Å². The summed E-state index contributed by atoms with van der Waals surface area (Å²) in [5.74, 6) is 0. The minimum absolute atomic E-state index is 0.394. The van der Waals surface area contributed by atoms with Gasteiger partial charge in [-0.3, -0.25) is 9.36 Å². The van der Waals surface area contributed by atoms with E-state index >= 15 is 0 Å². The molecule has 0 amide bonds. The Labute approximate surface area is 95.1 Å². The van der Waals surface area contributed by atoms with Crippen molar-refractivity contribution in [2.75, 3.05) is 5.32 Å². The van der Waals surface area contributed by atoms with E-state index in [4.69, 9.17) is 0 Å². The number of rotatable bonds is 4. The molecular formula is C11H17N5. The number of aromatic nitrogens is 4. The van der Waals surface area contributed by atoms with Crippen LogP contribution < -0.4 is 5.32 Å². The van der Waals surface area contributed by atoms with Gasteiger partial charge in [-0.1, -0.05) is 0 Å². The Morgan fingerprint density at radius 3 is 2.81 bits per heavy atom. The van der Waals surface area contributed by atoms with Crippen LogP contribution in [0.3, 0.4) is 0 Å². The van der Waals surface area contributed by atoms with Crippen LogP contribution in [-0.4, -0.2) is 19.6 Å². The number of nitrogens with zero attached hydrogens (tertiary/aromatic N) is 4. The molecule has 0 spiro atoms. The van der Waals surface area contributed by atoms with E-state index in [2.05, 4.69) is 29.4 Å². The maximum Gasteiger partial charge on any atom is 0.0815 e. The second-order valence-electron chi connectivity index (χ2n) is 4.14. The largest absolute Gasteiger partial charge is 0.377 e. The number of hydrogen-bond donors (Lipinski definition) is 1. The molecule has 86 valence electrons. The Kier molecular flexibility index (Phi) is 2.94. The van der Waals surface area contributed by atoms with Crippen LogP contribution in [-0.2, 0) is 13.6 Å². The van der Waals surface area contributed by atoms with Crippen molar-refractivity contribution in [1.82, 2.24) is 19.6 Å². The number of anilines is 1. The average Bonchev–Trinajstić information content (AvgIpc) is 2.83. The fourth-order valence-corrected chi connectivity index (χ4v) is 1.46. The lowest BCUT2D eigenvalue weighted by Crippen LogP contribution is -2.01. The Balaban J connectivity index is 1.94. The fraction of sp³-hybridized carbons (Fsp3) is 0.455. The second-order valence-corrected chi connectivity index (χ2v) is 4.14. The summed E-state index contributed by atoms with van der Waals surface area (Å²) in [5, 5.41) is 11.8. The first kappa shape index (κ1) is 10.7. The van der Waals surface area contributed by atoms with Gasteiger partial charge in [-0.15, -0.1) is 0 Å². The van der Waals surface area contributed by atoms with Crippen LogP contribution >= 0.6 is 0 Å². The zero-order valence-electron chi connectivity index (χ0n) is 9.88.